The number of aromatic nitrogens is 1. The van der Waals surface area contributed by atoms with Crippen LogP contribution in [0.5, 0.6) is 0 Å². The number of carboxylic acids is 1. The molecule has 0 fully saturated rings. The van der Waals surface area contributed by atoms with Crippen LogP contribution in [0.1, 0.15) is 5.56 Å². The largest absolute Gasteiger partial charge is 0.481 e. The predicted molar refractivity (Wildman–Crippen MR) is 76.1 cm³/mol. The summed E-state index contributed by atoms with van der Waals surface area (Å²) in [6, 6.07) is 5.18. The number of anilines is 1. The standard InChI is InChI=1S/C13H12N2O4S/c1-2-5-19-13(18)15-12-14-9-4-3-8(7-11(16)17)6-10(9)20-12/h2-4,6H,1,5,7H2,(H,16,17)(H,14,15,18). The SMILES string of the molecule is C=CCOC(=O)Nc1nc2ccc(CC(=O)O)cc2s1. The summed E-state index contributed by atoms with van der Waals surface area (Å²) in [6.07, 6.45) is 0.823. The number of hydrogen-bond acceptors (Lipinski definition) is 5. The van der Waals surface area contributed by atoms with Gasteiger partial charge in [-0.3, -0.25) is 10.1 Å². The second-order valence-electron chi connectivity index (χ2n) is 3.90. The highest BCUT2D eigenvalue weighted by atomic mass is 32.1. The molecule has 0 aliphatic heterocycles. The zero-order chi connectivity index (χ0) is 14.5. The second-order valence-corrected chi connectivity index (χ2v) is 4.93. The molecular weight excluding hydrogens is 280 g/mol. The van der Waals surface area contributed by atoms with Crippen LogP contribution in [0.15, 0.2) is 30.9 Å². The molecule has 20 heavy (non-hydrogen) atoms. The van der Waals surface area contributed by atoms with E-state index < -0.39 is 12.1 Å². The normalized spacial score (nSPS) is 10.2. The maximum atomic E-state index is 11.4. The van der Waals surface area contributed by atoms with Gasteiger partial charge in [-0.15, -0.1) is 0 Å². The van der Waals surface area contributed by atoms with Crippen LogP contribution in [0.25, 0.3) is 10.2 Å². The average Bonchev–Trinajstić information content (AvgIpc) is 2.77. The summed E-state index contributed by atoms with van der Waals surface area (Å²) < 4.78 is 5.60. The summed E-state index contributed by atoms with van der Waals surface area (Å²) >= 11 is 1.26. The fourth-order valence-corrected chi connectivity index (χ4v) is 2.48. The van der Waals surface area contributed by atoms with E-state index in [4.69, 9.17) is 9.84 Å². The molecule has 0 unspecified atom stereocenters. The highest BCUT2D eigenvalue weighted by Crippen LogP contribution is 2.27. The number of nitrogens with one attached hydrogen (secondary N) is 1. The van der Waals surface area contributed by atoms with Gasteiger partial charge in [-0.05, 0) is 17.7 Å². The van der Waals surface area contributed by atoms with Crippen LogP contribution in [0.4, 0.5) is 9.93 Å². The molecule has 0 radical (unpaired) electrons. The molecule has 2 aromatic rings. The first-order chi connectivity index (χ1) is 9.58. The van der Waals surface area contributed by atoms with Crippen LogP contribution >= 0.6 is 11.3 Å². The molecule has 1 heterocycles. The highest BCUT2D eigenvalue weighted by Gasteiger charge is 2.09. The van der Waals surface area contributed by atoms with Gasteiger partial charge >= 0.3 is 12.1 Å². The summed E-state index contributed by atoms with van der Waals surface area (Å²) in [4.78, 5) is 26.2. The molecule has 0 atom stereocenters. The van der Waals surface area contributed by atoms with Crippen molar-refractivity contribution < 1.29 is 19.4 Å². The summed E-state index contributed by atoms with van der Waals surface area (Å²) in [7, 11) is 0. The number of ether oxygens (including phenoxy) is 1. The van der Waals surface area contributed by atoms with Gasteiger partial charge in [0.1, 0.15) is 6.61 Å². The third-order valence-corrected chi connectivity index (χ3v) is 3.28. The van der Waals surface area contributed by atoms with Crippen molar-refractivity contribution in [2.45, 2.75) is 6.42 Å². The highest BCUT2D eigenvalue weighted by molar-refractivity contribution is 7.22. The van der Waals surface area contributed by atoms with E-state index in [2.05, 4.69) is 16.9 Å². The van der Waals surface area contributed by atoms with Gasteiger partial charge in [0.05, 0.1) is 16.6 Å². The van der Waals surface area contributed by atoms with Gasteiger partial charge in [-0.2, -0.15) is 0 Å². The molecule has 104 valence electrons. The van der Waals surface area contributed by atoms with E-state index in [9.17, 15) is 9.59 Å². The minimum atomic E-state index is -0.889. The van der Waals surface area contributed by atoms with E-state index in [0.29, 0.717) is 16.2 Å². The number of nitrogens with zero attached hydrogens (tertiary/aromatic N) is 1. The first-order valence-electron chi connectivity index (χ1n) is 5.74. The maximum Gasteiger partial charge on any atom is 0.413 e. The number of benzene rings is 1. The number of amides is 1. The molecule has 0 spiro atoms. The Balaban J connectivity index is 2.14. The molecule has 0 saturated carbocycles. The zero-order valence-corrected chi connectivity index (χ0v) is 11.3. The van der Waals surface area contributed by atoms with E-state index >= 15 is 0 Å². The molecule has 2 N–H and O–H groups in total. The topological polar surface area (TPSA) is 88.5 Å². The molecular formula is C13H12N2O4S. The lowest BCUT2D eigenvalue weighted by Crippen LogP contribution is -2.13. The van der Waals surface area contributed by atoms with Crippen LogP contribution in [0, 0.1) is 0 Å². The number of aliphatic carboxylic acids is 1. The summed E-state index contributed by atoms with van der Waals surface area (Å²) in [6.45, 7) is 3.57. The van der Waals surface area contributed by atoms with Gasteiger partial charge in [-0.25, -0.2) is 9.78 Å². The number of carboxylic acid groups (broad SMARTS) is 1. The fourth-order valence-electron chi connectivity index (χ4n) is 1.57. The lowest BCUT2D eigenvalue weighted by Gasteiger charge is -2.00. The maximum absolute atomic E-state index is 11.4. The minimum Gasteiger partial charge on any atom is -0.481 e. The smallest absolute Gasteiger partial charge is 0.413 e. The Labute approximate surface area is 118 Å². The van der Waals surface area contributed by atoms with Gasteiger partial charge in [-0.1, -0.05) is 30.1 Å². The van der Waals surface area contributed by atoms with Crippen LogP contribution in [-0.4, -0.2) is 28.8 Å². The Morgan fingerprint density at radius 1 is 1.50 bits per heavy atom. The van der Waals surface area contributed by atoms with Gasteiger partial charge in [0.25, 0.3) is 0 Å². The van der Waals surface area contributed by atoms with Crippen molar-refractivity contribution in [3.63, 3.8) is 0 Å². The van der Waals surface area contributed by atoms with Crippen LogP contribution in [0.3, 0.4) is 0 Å². The molecule has 6 nitrogen and oxygen atoms in total. The van der Waals surface area contributed by atoms with Gasteiger partial charge in [0.2, 0.25) is 0 Å². The van der Waals surface area contributed by atoms with Crippen LogP contribution in [-0.2, 0) is 16.0 Å². The number of hydrogen-bond donors (Lipinski definition) is 2. The van der Waals surface area contributed by atoms with E-state index in [1.54, 1.807) is 18.2 Å². The third kappa shape index (κ3) is 3.55. The lowest BCUT2D eigenvalue weighted by atomic mass is 10.1. The summed E-state index contributed by atoms with van der Waals surface area (Å²) in [5, 5.41) is 11.7. The third-order valence-electron chi connectivity index (χ3n) is 2.35. The Bertz CT molecular complexity index is 665. The summed E-state index contributed by atoms with van der Waals surface area (Å²) in [5.74, 6) is -0.889. The van der Waals surface area contributed by atoms with E-state index in [1.807, 2.05) is 0 Å². The van der Waals surface area contributed by atoms with E-state index in [0.717, 1.165) is 4.70 Å². The number of thiazole rings is 1. The van der Waals surface area contributed by atoms with Crippen molar-refractivity contribution in [2.75, 3.05) is 11.9 Å². The Kier molecular flexibility index (Phi) is 4.31. The minimum absolute atomic E-state index is 0.0437. The Morgan fingerprint density at radius 2 is 2.30 bits per heavy atom. The second kappa shape index (κ2) is 6.16. The number of rotatable bonds is 5. The average molecular weight is 292 g/mol. The molecule has 7 heteroatoms. The van der Waals surface area contributed by atoms with Crippen molar-refractivity contribution >= 4 is 38.7 Å². The van der Waals surface area contributed by atoms with Crippen molar-refractivity contribution in [3.8, 4) is 0 Å². The van der Waals surface area contributed by atoms with Crippen molar-refractivity contribution in [1.29, 1.82) is 0 Å². The first kappa shape index (κ1) is 14.0. The molecule has 1 aromatic heterocycles. The Morgan fingerprint density at radius 3 is 3.00 bits per heavy atom. The predicted octanol–water partition coefficient (Wildman–Crippen LogP) is 2.66. The quantitative estimate of drug-likeness (QED) is 0.827. The molecule has 0 saturated heterocycles. The number of carbonyl (C=O) groups excluding carboxylic acids is 1. The van der Waals surface area contributed by atoms with Gasteiger partial charge in [0.15, 0.2) is 5.13 Å². The van der Waals surface area contributed by atoms with Crippen molar-refractivity contribution in [3.05, 3.63) is 36.4 Å². The monoisotopic (exact) mass is 292 g/mol. The molecule has 1 amide bonds. The number of fused-ring (bicyclic) bond motifs is 1. The fraction of sp³-hybridized carbons (Fsp3) is 0.154. The number of carbonyl (C=O) groups is 2. The lowest BCUT2D eigenvalue weighted by molar-refractivity contribution is -0.136. The molecule has 2 rings (SSSR count). The molecule has 0 bridgehead atoms. The van der Waals surface area contributed by atoms with Crippen molar-refractivity contribution in [1.82, 2.24) is 4.98 Å². The molecule has 0 aliphatic carbocycles. The van der Waals surface area contributed by atoms with Crippen molar-refractivity contribution in [2.24, 2.45) is 0 Å². The van der Waals surface area contributed by atoms with E-state index in [-0.39, 0.29) is 13.0 Å². The summed E-state index contributed by atoms with van der Waals surface area (Å²) in [5.41, 5.74) is 1.39. The van der Waals surface area contributed by atoms with Gasteiger partial charge < -0.3 is 9.84 Å². The zero-order valence-electron chi connectivity index (χ0n) is 10.5. The molecule has 1 aromatic carbocycles. The van der Waals surface area contributed by atoms with E-state index in [1.165, 1.54) is 17.4 Å². The molecule has 0 aliphatic rings. The van der Waals surface area contributed by atoms with Crippen LogP contribution in [0.2, 0.25) is 0 Å². The van der Waals surface area contributed by atoms with Gasteiger partial charge in [0, 0.05) is 0 Å². The Hall–Kier alpha value is -2.41. The van der Waals surface area contributed by atoms with Crippen LogP contribution < -0.4 is 5.32 Å². The first-order valence-corrected chi connectivity index (χ1v) is 6.56.